The molecule has 1 fully saturated rings. The average Bonchev–Trinajstić information content (AvgIpc) is 2.70. The number of rotatable bonds is 6. The summed E-state index contributed by atoms with van der Waals surface area (Å²) >= 11 is 0. The number of carbonyl (C=O) groups excluding carboxylic acids is 1. The van der Waals surface area contributed by atoms with Gasteiger partial charge in [-0.3, -0.25) is 9.78 Å². The monoisotopic (exact) mass is 376 g/mol. The lowest BCUT2D eigenvalue weighted by molar-refractivity contribution is -0.122. The van der Waals surface area contributed by atoms with Gasteiger partial charge >= 0.3 is 0 Å². The van der Waals surface area contributed by atoms with E-state index in [2.05, 4.69) is 16.4 Å². The molecule has 1 amide bonds. The second-order valence-electron chi connectivity index (χ2n) is 7.38. The summed E-state index contributed by atoms with van der Waals surface area (Å²) < 4.78 is 5.35. The number of carbonyl (C=O) groups is 1. The van der Waals surface area contributed by atoms with Gasteiger partial charge in [0.2, 0.25) is 5.91 Å². The molecule has 5 nitrogen and oxygen atoms in total. The molecule has 2 N–H and O–H groups in total. The molecule has 1 aliphatic rings. The van der Waals surface area contributed by atoms with Crippen molar-refractivity contribution in [3.8, 4) is 5.75 Å². The summed E-state index contributed by atoms with van der Waals surface area (Å²) in [6.45, 7) is 0. The second kappa shape index (κ2) is 7.98. The van der Waals surface area contributed by atoms with Gasteiger partial charge in [-0.15, -0.1) is 0 Å². The number of benzene rings is 2. The van der Waals surface area contributed by atoms with E-state index in [1.807, 2.05) is 54.7 Å². The molecule has 1 atom stereocenters. The molecule has 0 spiro atoms. The molecule has 3 aromatic rings. The number of amides is 1. The molecule has 0 radical (unpaired) electrons. The van der Waals surface area contributed by atoms with Crippen LogP contribution in [0.25, 0.3) is 10.9 Å². The number of para-hydroxylation sites is 2. The number of methoxy groups -OCH3 is 1. The van der Waals surface area contributed by atoms with Gasteiger partial charge in [-0.25, -0.2) is 0 Å². The Labute approximate surface area is 164 Å². The van der Waals surface area contributed by atoms with Crippen molar-refractivity contribution in [3.63, 3.8) is 0 Å². The van der Waals surface area contributed by atoms with Crippen molar-refractivity contribution >= 4 is 16.8 Å². The minimum Gasteiger partial charge on any atom is -0.496 e. The van der Waals surface area contributed by atoms with Crippen LogP contribution in [0.3, 0.4) is 0 Å². The number of fused-ring (bicyclic) bond motifs is 1. The molecule has 4 rings (SSSR count). The molecule has 0 bridgehead atoms. The number of nitrogens with zero attached hydrogens (tertiary/aromatic N) is 1. The summed E-state index contributed by atoms with van der Waals surface area (Å²) in [5.74, 6) is 0.851. The summed E-state index contributed by atoms with van der Waals surface area (Å²) in [7, 11) is 1.61. The Morgan fingerprint density at radius 2 is 1.96 bits per heavy atom. The lowest BCUT2D eigenvalue weighted by Crippen LogP contribution is -2.42. The largest absolute Gasteiger partial charge is 0.496 e. The van der Waals surface area contributed by atoms with E-state index < -0.39 is 0 Å². The highest BCUT2D eigenvalue weighted by atomic mass is 16.5. The zero-order chi connectivity index (χ0) is 19.5. The van der Waals surface area contributed by atoms with Gasteiger partial charge in [0.05, 0.1) is 31.2 Å². The first-order valence-corrected chi connectivity index (χ1v) is 9.58. The van der Waals surface area contributed by atoms with Gasteiger partial charge in [0, 0.05) is 17.1 Å². The Morgan fingerprint density at radius 3 is 2.75 bits per heavy atom. The van der Waals surface area contributed by atoms with Crippen molar-refractivity contribution in [1.29, 1.82) is 0 Å². The van der Waals surface area contributed by atoms with Crippen molar-refractivity contribution < 1.29 is 14.6 Å². The zero-order valence-electron chi connectivity index (χ0n) is 15.8. The van der Waals surface area contributed by atoms with Crippen LogP contribution in [0, 0.1) is 5.92 Å². The quantitative estimate of drug-likeness (QED) is 0.692. The Bertz CT molecular complexity index is 982. The van der Waals surface area contributed by atoms with Crippen molar-refractivity contribution in [1.82, 2.24) is 10.3 Å². The Morgan fingerprint density at radius 1 is 1.21 bits per heavy atom. The highest BCUT2D eigenvalue weighted by Gasteiger charge is 2.36. The maximum Gasteiger partial charge on any atom is 0.225 e. The van der Waals surface area contributed by atoms with Gasteiger partial charge in [0.15, 0.2) is 0 Å². The van der Waals surface area contributed by atoms with Gasteiger partial charge in [0.1, 0.15) is 5.75 Å². The van der Waals surface area contributed by atoms with E-state index in [1.165, 1.54) is 0 Å². The van der Waals surface area contributed by atoms with Crippen LogP contribution in [0.5, 0.6) is 5.75 Å². The first kappa shape index (κ1) is 18.4. The van der Waals surface area contributed by atoms with Gasteiger partial charge in [0.25, 0.3) is 0 Å². The van der Waals surface area contributed by atoms with Gasteiger partial charge in [-0.05, 0) is 42.5 Å². The molecule has 1 aliphatic carbocycles. The third kappa shape index (κ3) is 3.85. The zero-order valence-corrected chi connectivity index (χ0v) is 15.8. The molecule has 0 saturated heterocycles. The molecule has 1 aromatic heterocycles. The minimum atomic E-state index is -0.285. The average molecular weight is 376 g/mol. The number of hydrogen-bond acceptors (Lipinski definition) is 4. The van der Waals surface area contributed by atoms with E-state index in [4.69, 9.17) is 4.74 Å². The minimum absolute atomic E-state index is 0.0657. The predicted octanol–water partition coefficient (Wildman–Crippen LogP) is 3.41. The van der Waals surface area contributed by atoms with Gasteiger partial charge < -0.3 is 15.2 Å². The third-order valence-electron chi connectivity index (χ3n) is 5.45. The fourth-order valence-electron chi connectivity index (χ4n) is 3.88. The number of nitrogens with one attached hydrogen (secondary N) is 1. The van der Waals surface area contributed by atoms with E-state index in [0.717, 1.165) is 22.0 Å². The van der Waals surface area contributed by atoms with Crippen LogP contribution < -0.4 is 10.1 Å². The molecule has 1 unspecified atom stereocenters. The first-order valence-electron chi connectivity index (χ1n) is 9.58. The Balaban J connectivity index is 1.56. The molecule has 144 valence electrons. The van der Waals surface area contributed by atoms with Crippen LogP contribution in [0.15, 0.2) is 60.8 Å². The first-order chi connectivity index (χ1) is 13.6. The summed E-state index contributed by atoms with van der Waals surface area (Å²) in [5.41, 5.74) is 2.76. The molecular weight excluding hydrogens is 352 g/mol. The van der Waals surface area contributed by atoms with Gasteiger partial charge in [-0.1, -0.05) is 36.4 Å². The highest BCUT2D eigenvalue weighted by molar-refractivity contribution is 5.81. The number of aliphatic hydroxyl groups excluding tert-OH is 1. The van der Waals surface area contributed by atoms with Gasteiger partial charge in [-0.2, -0.15) is 0 Å². The number of pyridine rings is 1. The van der Waals surface area contributed by atoms with E-state index >= 15 is 0 Å². The molecule has 1 saturated carbocycles. The molecule has 0 aliphatic heterocycles. The number of hydrogen-bond donors (Lipinski definition) is 2. The molecule has 28 heavy (non-hydrogen) atoms. The fourth-order valence-corrected chi connectivity index (χ4v) is 3.88. The van der Waals surface area contributed by atoms with Crippen LogP contribution in [0.4, 0.5) is 0 Å². The molecule has 5 heteroatoms. The van der Waals surface area contributed by atoms with Crippen LogP contribution in [-0.2, 0) is 11.2 Å². The predicted molar refractivity (Wildman–Crippen MR) is 108 cm³/mol. The fraction of sp³-hybridized carbons (Fsp3) is 0.304. The molecule has 1 heterocycles. The maximum absolute atomic E-state index is 12.8. The number of aliphatic hydroxyl groups is 1. The van der Waals surface area contributed by atoms with Crippen LogP contribution in [-0.4, -0.2) is 29.2 Å². The SMILES string of the molecule is COc1ccccc1CC(=O)NC(c1cnc2ccccc2c1)C1CC(O)C1. The Hall–Kier alpha value is -2.92. The normalized spacial score (nSPS) is 19.6. The second-order valence-corrected chi connectivity index (χ2v) is 7.38. The molecular formula is C23H24N2O3. The Kier molecular flexibility index (Phi) is 5.26. The standard InChI is InChI=1S/C23H24N2O3/c1-28-21-9-5-3-7-16(21)13-22(27)25-23(17-11-19(26)12-17)18-10-15-6-2-4-8-20(15)24-14-18/h2-10,14,17,19,23,26H,11-13H2,1H3,(H,25,27). The van der Waals surface area contributed by atoms with E-state index in [-0.39, 0.29) is 30.4 Å². The summed E-state index contributed by atoms with van der Waals surface area (Å²) in [6.07, 6.45) is 3.17. The molecule has 2 aromatic carbocycles. The smallest absolute Gasteiger partial charge is 0.225 e. The van der Waals surface area contributed by atoms with E-state index in [1.54, 1.807) is 7.11 Å². The lowest BCUT2D eigenvalue weighted by Gasteiger charge is -2.38. The van der Waals surface area contributed by atoms with Crippen LogP contribution in [0.1, 0.15) is 30.0 Å². The third-order valence-corrected chi connectivity index (χ3v) is 5.45. The summed E-state index contributed by atoms with van der Waals surface area (Å²) in [5, 5.41) is 14.0. The van der Waals surface area contributed by atoms with Crippen molar-refractivity contribution in [2.75, 3.05) is 7.11 Å². The summed E-state index contributed by atoms with van der Waals surface area (Å²) in [6, 6.07) is 17.4. The van der Waals surface area contributed by atoms with Crippen molar-refractivity contribution in [2.24, 2.45) is 5.92 Å². The van der Waals surface area contributed by atoms with E-state index in [9.17, 15) is 9.90 Å². The van der Waals surface area contributed by atoms with E-state index in [0.29, 0.717) is 18.6 Å². The summed E-state index contributed by atoms with van der Waals surface area (Å²) in [4.78, 5) is 17.4. The van der Waals surface area contributed by atoms with Crippen LogP contribution >= 0.6 is 0 Å². The highest BCUT2D eigenvalue weighted by Crippen LogP contribution is 2.38. The number of ether oxygens (including phenoxy) is 1. The topological polar surface area (TPSA) is 71.5 Å². The van der Waals surface area contributed by atoms with Crippen LogP contribution in [0.2, 0.25) is 0 Å². The lowest BCUT2D eigenvalue weighted by atomic mass is 9.75. The van der Waals surface area contributed by atoms with Crippen molar-refractivity contribution in [2.45, 2.75) is 31.4 Å². The number of aromatic nitrogens is 1. The van der Waals surface area contributed by atoms with Crippen molar-refractivity contribution in [3.05, 3.63) is 71.9 Å². The maximum atomic E-state index is 12.8.